The Morgan fingerprint density at radius 1 is 1.53 bits per heavy atom. The first-order valence-electron chi connectivity index (χ1n) is 9.75. The Balaban J connectivity index is 2.05. The van der Waals surface area contributed by atoms with Crippen LogP contribution in [0.1, 0.15) is 45.1 Å². The van der Waals surface area contributed by atoms with Gasteiger partial charge in [0, 0.05) is 17.6 Å². The van der Waals surface area contributed by atoms with Gasteiger partial charge in [0.25, 0.3) is 0 Å². The maximum atomic E-state index is 10.6. The predicted octanol–water partition coefficient (Wildman–Crippen LogP) is 4.46. The Bertz CT molecular complexity index is 875. The molecule has 0 bridgehead atoms. The third kappa shape index (κ3) is 6.65. The van der Waals surface area contributed by atoms with Crippen molar-refractivity contribution in [2.24, 2.45) is 10.6 Å². The van der Waals surface area contributed by atoms with Crippen LogP contribution in [0.2, 0.25) is 0 Å². The number of nitroso groups, excluding NO2 is 1. The Labute approximate surface area is 181 Å². The number of rotatable bonds is 9. The van der Waals surface area contributed by atoms with Gasteiger partial charge < -0.3 is 15.7 Å². The minimum atomic E-state index is -0.333. The third-order valence-electron chi connectivity index (χ3n) is 5.15. The second-order valence-corrected chi connectivity index (χ2v) is 8.35. The fraction of sp³-hybridized carbons (Fsp3) is 0.476. The van der Waals surface area contributed by atoms with Gasteiger partial charge in [0.05, 0.1) is 18.5 Å². The van der Waals surface area contributed by atoms with Gasteiger partial charge in [0.15, 0.2) is 0 Å². The molecule has 1 aliphatic rings. The lowest BCUT2D eigenvalue weighted by Crippen LogP contribution is -2.41. The van der Waals surface area contributed by atoms with Crippen molar-refractivity contribution in [2.75, 3.05) is 17.2 Å². The third-order valence-corrected chi connectivity index (χ3v) is 5.41. The van der Waals surface area contributed by atoms with Crippen LogP contribution in [-0.2, 0) is 0 Å². The van der Waals surface area contributed by atoms with E-state index in [9.17, 15) is 15.3 Å². The molecule has 1 aliphatic carbocycles. The summed E-state index contributed by atoms with van der Waals surface area (Å²) in [6.45, 7) is 8.08. The molecule has 8 nitrogen and oxygen atoms in total. The molecule has 1 aromatic rings. The van der Waals surface area contributed by atoms with Crippen molar-refractivity contribution in [1.82, 2.24) is 9.97 Å². The number of halogens is 1. The van der Waals surface area contributed by atoms with Gasteiger partial charge in [-0.3, -0.25) is 0 Å². The van der Waals surface area contributed by atoms with Gasteiger partial charge in [0.2, 0.25) is 5.95 Å². The lowest BCUT2D eigenvalue weighted by atomic mass is 9.73. The fourth-order valence-corrected chi connectivity index (χ4v) is 3.53. The fourth-order valence-electron chi connectivity index (χ4n) is 3.39. The Morgan fingerprint density at radius 3 is 2.93 bits per heavy atom. The van der Waals surface area contributed by atoms with Crippen LogP contribution < -0.4 is 10.6 Å². The molecular weight excluding hydrogens is 404 g/mol. The summed E-state index contributed by atoms with van der Waals surface area (Å²) >= 11 is 5.93. The molecule has 2 rings (SSSR count). The molecule has 0 radical (unpaired) electrons. The Kier molecular flexibility index (Phi) is 8.51. The zero-order chi connectivity index (χ0) is 22.1. The maximum Gasteiger partial charge on any atom is 0.224 e. The molecule has 0 spiro atoms. The molecule has 0 aliphatic heterocycles. The molecule has 0 aromatic carbocycles. The van der Waals surface area contributed by atoms with Crippen molar-refractivity contribution in [3.63, 3.8) is 0 Å². The average Bonchev–Trinajstić information content (AvgIpc) is 2.70. The average molecular weight is 431 g/mol. The molecule has 0 unspecified atom stereocenters. The number of aliphatic hydroxyl groups is 1. The number of hydrogen-bond acceptors (Lipinski definition) is 8. The van der Waals surface area contributed by atoms with Crippen molar-refractivity contribution in [2.45, 2.75) is 51.7 Å². The number of nitrogens with zero attached hydrogens (tertiary/aromatic N) is 4. The van der Waals surface area contributed by atoms with Crippen LogP contribution in [-0.4, -0.2) is 33.8 Å². The van der Waals surface area contributed by atoms with E-state index in [1.807, 2.05) is 13.8 Å². The SMILES string of the molecule is C=C/C(Cl)=C\C(=C/N=O)CCNc1ncc(C#N)c(N[C@@H]2CC[C@H](O)C(C)(C)C2)n1. The number of nitrogens with one attached hydrogen (secondary N) is 2. The monoisotopic (exact) mass is 430 g/mol. The molecule has 9 heteroatoms. The van der Waals surface area contributed by atoms with E-state index in [-0.39, 0.29) is 17.6 Å². The highest BCUT2D eigenvalue weighted by Gasteiger charge is 2.35. The lowest BCUT2D eigenvalue weighted by molar-refractivity contribution is 0.00926. The summed E-state index contributed by atoms with van der Waals surface area (Å²) in [7, 11) is 0. The highest BCUT2D eigenvalue weighted by Crippen LogP contribution is 2.36. The van der Waals surface area contributed by atoms with Crippen LogP contribution in [0.5, 0.6) is 0 Å². The quantitative estimate of drug-likeness (QED) is 0.390. The summed E-state index contributed by atoms with van der Waals surface area (Å²) < 4.78 is 0. The lowest BCUT2D eigenvalue weighted by Gasteiger charge is -2.40. The second-order valence-electron chi connectivity index (χ2n) is 7.91. The van der Waals surface area contributed by atoms with Crippen molar-refractivity contribution >= 4 is 23.4 Å². The smallest absolute Gasteiger partial charge is 0.224 e. The molecular formula is C21H27ClN6O2. The molecule has 3 N–H and O–H groups in total. The number of anilines is 2. The van der Waals surface area contributed by atoms with E-state index in [2.05, 4.69) is 38.4 Å². The predicted molar refractivity (Wildman–Crippen MR) is 119 cm³/mol. The molecule has 0 amide bonds. The van der Waals surface area contributed by atoms with Gasteiger partial charge in [0.1, 0.15) is 17.5 Å². The highest BCUT2D eigenvalue weighted by molar-refractivity contribution is 6.31. The Morgan fingerprint density at radius 2 is 2.30 bits per heavy atom. The number of aliphatic hydroxyl groups excluding tert-OH is 1. The van der Waals surface area contributed by atoms with E-state index in [0.717, 1.165) is 12.8 Å². The summed E-state index contributed by atoms with van der Waals surface area (Å²) in [6, 6.07) is 2.22. The van der Waals surface area contributed by atoms with E-state index in [0.29, 0.717) is 47.3 Å². The highest BCUT2D eigenvalue weighted by atomic mass is 35.5. The first-order chi connectivity index (χ1) is 14.3. The first-order valence-corrected chi connectivity index (χ1v) is 10.1. The van der Waals surface area contributed by atoms with Crippen LogP contribution >= 0.6 is 11.6 Å². The van der Waals surface area contributed by atoms with Crippen molar-refractivity contribution in [1.29, 1.82) is 5.26 Å². The van der Waals surface area contributed by atoms with Crippen LogP contribution in [0, 0.1) is 21.7 Å². The van der Waals surface area contributed by atoms with Gasteiger partial charge in [-0.05, 0) is 47.9 Å². The zero-order valence-corrected chi connectivity index (χ0v) is 18.0. The minimum absolute atomic E-state index is 0.109. The molecule has 30 heavy (non-hydrogen) atoms. The Hall–Kier alpha value is -2.76. The molecule has 2 atom stereocenters. The van der Waals surface area contributed by atoms with Crippen LogP contribution in [0.15, 0.2) is 46.9 Å². The topological polar surface area (TPSA) is 123 Å². The van der Waals surface area contributed by atoms with Gasteiger partial charge in [-0.1, -0.05) is 38.1 Å². The van der Waals surface area contributed by atoms with Crippen LogP contribution in [0.4, 0.5) is 11.8 Å². The summed E-state index contributed by atoms with van der Waals surface area (Å²) in [5.41, 5.74) is 0.792. The van der Waals surface area contributed by atoms with Crippen LogP contribution in [0.3, 0.4) is 0 Å². The van der Waals surface area contributed by atoms with Gasteiger partial charge >= 0.3 is 0 Å². The van der Waals surface area contributed by atoms with E-state index in [1.165, 1.54) is 18.5 Å². The van der Waals surface area contributed by atoms with Gasteiger partial charge in [-0.2, -0.15) is 10.2 Å². The summed E-state index contributed by atoms with van der Waals surface area (Å²) in [6.07, 6.45) is 8.16. The molecule has 1 saturated carbocycles. The van der Waals surface area contributed by atoms with Crippen molar-refractivity contribution in [3.05, 3.63) is 52.2 Å². The normalized spacial score (nSPS) is 21.4. The van der Waals surface area contributed by atoms with E-state index >= 15 is 0 Å². The molecule has 0 saturated heterocycles. The number of aromatic nitrogens is 2. The zero-order valence-electron chi connectivity index (χ0n) is 17.2. The molecule has 1 heterocycles. The van der Waals surface area contributed by atoms with Gasteiger partial charge in [-0.15, -0.1) is 4.91 Å². The standard InChI is InChI=1S/C21H27ClN6O2/c1-4-16(22)9-14(12-26-30)7-8-24-20-25-13-15(11-23)19(28-20)27-17-5-6-18(29)21(2,3)10-17/h4,9,12-13,17-18,29H,1,5-8,10H2,2-3H3,(H2,24,25,27,28)/b14-12-,16-9+/t17-,18+/m1/s1. The summed E-state index contributed by atoms with van der Waals surface area (Å²) in [4.78, 5) is 19.2. The second kappa shape index (κ2) is 10.9. The van der Waals surface area contributed by atoms with Crippen molar-refractivity contribution in [3.8, 4) is 6.07 Å². The van der Waals surface area contributed by atoms with E-state index < -0.39 is 0 Å². The number of nitriles is 1. The van der Waals surface area contributed by atoms with Gasteiger partial charge in [-0.25, -0.2) is 4.98 Å². The first kappa shape index (κ1) is 23.5. The number of allylic oxidation sites excluding steroid dienone is 3. The summed E-state index contributed by atoms with van der Waals surface area (Å²) in [5, 5.41) is 29.2. The molecule has 160 valence electrons. The van der Waals surface area contributed by atoms with Crippen molar-refractivity contribution < 1.29 is 5.11 Å². The maximum absolute atomic E-state index is 10.6. The number of hydrogen-bond donors (Lipinski definition) is 3. The molecule has 1 fully saturated rings. The van der Waals surface area contributed by atoms with E-state index in [4.69, 9.17) is 11.6 Å². The summed E-state index contributed by atoms with van der Waals surface area (Å²) in [5.74, 6) is 0.830. The minimum Gasteiger partial charge on any atom is -0.393 e. The molecule has 1 aromatic heterocycles. The van der Waals surface area contributed by atoms with E-state index in [1.54, 1.807) is 6.08 Å². The van der Waals surface area contributed by atoms with Crippen LogP contribution in [0.25, 0.3) is 0 Å². The largest absolute Gasteiger partial charge is 0.393 e.